The molecule has 0 bridgehead atoms. The summed E-state index contributed by atoms with van der Waals surface area (Å²) in [6, 6.07) is 6.65. The Bertz CT molecular complexity index is 493. The zero-order chi connectivity index (χ0) is 15.2. The molecule has 1 saturated heterocycles. The third-order valence-corrected chi connectivity index (χ3v) is 3.64. The molecule has 0 saturated carbocycles. The summed E-state index contributed by atoms with van der Waals surface area (Å²) >= 11 is 0. The van der Waals surface area contributed by atoms with Gasteiger partial charge in [0.05, 0.1) is 0 Å². The average molecular weight is 292 g/mol. The lowest BCUT2D eigenvalue weighted by Gasteiger charge is -2.31. The second-order valence-electron chi connectivity index (χ2n) is 5.20. The van der Waals surface area contributed by atoms with Crippen molar-refractivity contribution >= 4 is 11.8 Å². The summed E-state index contributed by atoms with van der Waals surface area (Å²) in [7, 11) is 0. The van der Waals surface area contributed by atoms with Gasteiger partial charge in [-0.15, -0.1) is 0 Å². The smallest absolute Gasteiger partial charge is 0.255 e. The van der Waals surface area contributed by atoms with E-state index in [0.29, 0.717) is 30.3 Å². The lowest BCUT2D eigenvalue weighted by Crippen LogP contribution is -2.39. The first-order valence-corrected chi connectivity index (χ1v) is 7.01. The van der Waals surface area contributed by atoms with E-state index in [2.05, 4.69) is 0 Å². The van der Waals surface area contributed by atoms with E-state index in [9.17, 15) is 9.59 Å². The normalized spacial score (nSPS) is 15.8. The minimum Gasteiger partial charge on any atom is -0.484 e. The Balaban J connectivity index is 1.92. The Kier molecular flexibility index (Phi) is 5.16. The number of carbonyl (C=O) groups excluding carboxylic acids is 2. The van der Waals surface area contributed by atoms with Gasteiger partial charge in [-0.2, -0.15) is 0 Å². The summed E-state index contributed by atoms with van der Waals surface area (Å²) in [6.07, 6.45) is 1.67. The van der Waals surface area contributed by atoms with Gasteiger partial charge in [0.2, 0.25) is 0 Å². The van der Waals surface area contributed by atoms with Crippen molar-refractivity contribution < 1.29 is 19.4 Å². The highest BCUT2D eigenvalue weighted by Gasteiger charge is 2.23. The van der Waals surface area contributed by atoms with Gasteiger partial charge >= 0.3 is 0 Å². The average Bonchev–Trinajstić information content (AvgIpc) is 2.53. The molecule has 1 aliphatic rings. The lowest BCUT2D eigenvalue weighted by atomic mass is 9.97. The van der Waals surface area contributed by atoms with Gasteiger partial charge in [-0.1, -0.05) is 0 Å². The third-order valence-electron chi connectivity index (χ3n) is 3.64. The van der Waals surface area contributed by atoms with Crippen LogP contribution in [0.4, 0.5) is 0 Å². The molecule has 1 fully saturated rings. The number of piperidine rings is 1. The lowest BCUT2D eigenvalue weighted by molar-refractivity contribution is -0.119. The van der Waals surface area contributed by atoms with Gasteiger partial charge < -0.3 is 20.5 Å². The first kappa shape index (κ1) is 15.3. The van der Waals surface area contributed by atoms with Crippen LogP contribution in [-0.4, -0.2) is 48.1 Å². The van der Waals surface area contributed by atoms with Crippen molar-refractivity contribution in [3.8, 4) is 5.75 Å². The zero-order valence-electron chi connectivity index (χ0n) is 11.8. The van der Waals surface area contributed by atoms with E-state index < -0.39 is 5.91 Å². The number of likely N-dealkylation sites (tertiary alicyclic amines) is 1. The van der Waals surface area contributed by atoms with Gasteiger partial charge in [0.25, 0.3) is 11.8 Å². The molecule has 0 aromatic heterocycles. The van der Waals surface area contributed by atoms with Gasteiger partial charge in [0.15, 0.2) is 6.61 Å². The molecule has 0 atom stereocenters. The second-order valence-corrected chi connectivity index (χ2v) is 5.20. The first-order chi connectivity index (χ1) is 10.1. The maximum Gasteiger partial charge on any atom is 0.255 e. The van der Waals surface area contributed by atoms with Gasteiger partial charge in [-0.3, -0.25) is 9.59 Å². The highest BCUT2D eigenvalue weighted by Crippen LogP contribution is 2.19. The van der Waals surface area contributed by atoms with Crippen LogP contribution in [0, 0.1) is 5.92 Å². The maximum atomic E-state index is 12.3. The quantitative estimate of drug-likeness (QED) is 0.821. The van der Waals surface area contributed by atoms with Crippen molar-refractivity contribution in [2.45, 2.75) is 12.8 Å². The number of nitrogens with zero attached hydrogens (tertiary/aromatic N) is 1. The molecule has 1 heterocycles. The van der Waals surface area contributed by atoms with Gasteiger partial charge in [0, 0.05) is 25.3 Å². The zero-order valence-corrected chi connectivity index (χ0v) is 11.8. The molecule has 2 rings (SSSR count). The van der Waals surface area contributed by atoms with Crippen LogP contribution < -0.4 is 10.5 Å². The number of benzene rings is 1. The number of hydrogen-bond acceptors (Lipinski definition) is 4. The van der Waals surface area contributed by atoms with Crippen LogP contribution >= 0.6 is 0 Å². The molecule has 0 unspecified atom stereocenters. The van der Waals surface area contributed by atoms with E-state index in [1.165, 1.54) is 0 Å². The number of aliphatic hydroxyl groups excluding tert-OH is 1. The molecule has 114 valence electrons. The largest absolute Gasteiger partial charge is 0.484 e. The number of nitrogens with two attached hydrogens (primary N) is 1. The number of amides is 2. The number of rotatable bonds is 5. The van der Waals surface area contributed by atoms with Gasteiger partial charge in [-0.05, 0) is 43.0 Å². The van der Waals surface area contributed by atoms with Crippen LogP contribution in [0.2, 0.25) is 0 Å². The Hall–Kier alpha value is -2.08. The third kappa shape index (κ3) is 4.19. The molecule has 3 N–H and O–H groups in total. The second kappa shape index (κ2) is 7.08. The van der Waals surface area contributed by atoms with E-state index in [1.54, 1.807) is 29.2 Å². The Morgan fingerprint density at radius 2 is 1.86 bits per heavy atom. The predicted octanol–water partition coefficient (Wildman–Crippen LogP) is 0.395. The van der Waals surface area contributed by atoms with E-state index in [-0.39, 0.29) is 19.1 Å². The molecule has 21 heavy (non-hydrogen) atoms. The molecule has 6 nitrogen and oxygen atoms in total. The molecule has 1 aromatic rings. The molecule has 1 aromatic carbocycles. The molecular formula is C15H20N2O4. The van der Waals surface area contributed by atoms with Crippen molar-refractivity contribution in [1.82, 2.24) is 4.90 Å². The fraction of sp³-hybridized carbons (Fsp3) is 0.467. The molecular weight excluding hydrogens is 272 g/mol. The van der Waals surface area contributed by atoms with E-state index in [4.69, 9.17) is 15.6 Å². The summed E-state index contributed by atoms with van der Waals surface area (Å²) in [5.41, 5.74) is 5.58. The van der Waals surface area contributed by atoms with Gasteiger partial charge in [-0.25, -0.2) is 0 Å². The number of carbonyl (C=O) groups is 2. The van der Waals surface area contributed by atoms with Gasteiger partial charge in [0.1, 0.15) is 5.75 Å². The molecule has 0 radical (unpaired) electrons. The molecule has 0 aliphatic carbocycles. The highest BCUT2D eigenvalue weighted by atomic mass is 16.5. The topological polar surface area (TPSA) is 92.9 Å². The van der Waals surface area contributed by atoms with E-state index in [1.807, 2.05) is 0 Å². The van der Waals surface area contributed by atoms with Crippen LogP contribution in [-0.2, 0) is 4.79 Å². The summed E-state index contributed by atoms with van der Waals surface area (Å²) < 4.78 is 5.15. The Morgan fingerprint density at radius 3 is 2.38 bits per heavy atom. The van der Waals surface area contributed by atoms with Crippen molar-refractivity contribution in [2.75, 3.05) is 26.3 Å². The SMILES string of the molecule is NC(=O)COc1ccc(C(=O)N2CCC(CO)CC2)cc1. The molecule has 6 heteroatoms. The Labute approximate surface area is 123 Å². The number of ether oxygens (including phenoxy) is 1. The Morgan fingerprint density at radius 1 is 1.24 bits per heavy atom. The van der Waals surface area contributed by atoms with Crippen LogP contribution in [0.3, 0.4) is 0 Å². The van der Waals surface area contributed by atoms with Crippen LogP contribution in [0.15, 0.2) is 24.3 Å². The molecule has 0 spiro atoms. The number of primary amides is 1. The maximum absolute atomic E-state index is 12.3. The minimum absolute atomic E-state index is 0.0205. The fourth-order valence-electron chi connectivity index (χ4n) is 2.35. The van der Waals surface area contributed by atoms with Crippen LogP contribution in [0.1, 0.15) is 23.2 Å². The first-order valence-electron chi connectivity index (χ1n) is 7.01. The minimum atomic E-state index is -0.540. The summed E-state index contributed by atoms with van der Waals surface area (Å²) in [5, 5.41) is 9.10. The van der Waals surface area contributed by atoms with Crippen LogP contribution in [0.25, 0.3) is 0 Å². The van der Waals surface area contributed by atoms with Crippen molar-refractivity contribution in [1.29, 1.82) is 0 Å². The molecule has 2 amide bonds. The number of aliphatic hydroxyl groups is 1. The van der Waals surface area contributed by atoms with Crippen LogP contribution in [0.5, 0.6) is 5.75 Å². The molecule has 1 aliphatic heterocycles. The highest BCUT2D eigenvalue weighted by molar-refractivity contribution is 5.94. The standard InChI is InChI=1S/C15H20N2O4/c16-14(19)10-21-13-3-1-12(2-4-13)15(20)17-7-5-11(9-18)6-8-17/h1-4,11,18H,5-10H2,(H2,16,19). The van der Waals surface area contributed by atoms with E-state index in [0.717, 1.165) is 12.8 Å². The van der Waals surface area contributed by atoms with E-state index >= 15 is 0 Å². The fourth-order valence-corrected chi connectivity index (χ4v) is 2.35. The monoisotopic (exact) mass is 292 g/mol. The number of hydrogen-bond donors (Lipinski definition) is 2. The summed E-state index contributed by atoms with van der Waals surface area (Å²) in [5.74, 6) is 0.248. The van der Waals surface area contributed by atoms with Crippen molar-refractivity contribution in [3.63, 3.8) is 0 Å². The van der Waals surface area contributed by atoms with Crippen molar-refractivity contribution in [3.05, 3.63) is 29.8 Å². The predicted molar refractivity (Wildman–Crippen MR) is 76.8 cm³/mol. The summed E-state index contributed by atoms with van der Waals surface area (Å²) in [6.45, 7) is 1.35. The van der Waals surface area contributed by atoms with Crippen molar-refractivity contribution in [2.24, 2.45) is 11.7 Å². The summed E-state index contributed by atoms with van der Waals surface area (Å²) in [4.78, 5) is 24.7.